The second-order valence-corrected chi connectivity index (χ2v) is 8.55. The van der Waals surface area contributed by atoms with E-state index in [1.165, 1.54) is 22.5 Å². The molecule has 0 aliphatic carbocycles. The predicted octanol–water partition coefficient (Wildman–Crippen LogP) is 4.96. The highest BCUT2D eigenvalue weighted by Crippen LogP contribution is 2.36. The van der Waals surface area contributed by atoms with Crippen molar-refractivity contribution in [2.24, 2.45) is 10.7 Å². The monoisotopic (exact) mass is 516 g/mol. The number of amidine groups is 1. The molecule has 4 rings (SSSR count). The SMILES string of the molecule is COc1cc(/C=C2\SC(N)=NC2=O)cc(I)c1OCc1cccc2ccccc12. The maximum atomic E-state index is 11.8. The van der Waals surface area contributed by atoms with Gasteiger partial charge in [0.05, 0.1) is 15.6 Å². The number of ether oxygens (including phenoxy) is 2. The van der Waals surface area contributed by atoms with Crippen LogP contribution in [0.5, 0.6) is 11.5 Å². The molecule has 0 fully saturated rings. The number of nitrogens with two attached hydrogens (primary N) is 1. The molecule has 1 amide bonds. The Labute approximate surface area is 186 Å². The molecular weight excluding hydrogens is 499 g/mol. The van der Waals surface area contributed by atoms with Crippen molar-refractivity contribution in [3.05, 3.63) is 74.2 Å². The molecular formula is C22H17IN2O3S. The molecule has 3 aromatic rings. The van der Waals surface area contributed by atoms with Crippen LogP contribution in [-0.2, 0) is 11.4 Å². The van der Waals surface area contributed by atoms with Gasteiger partial charge in [0, 0.05) is 0 Å². The number of fused-ring (bicyclic) bond motifs is 1. The minimum absolute atomic E-state index is 0.262. The molecule has 1 aliphatic heterocycles. The lowest BCUT2D eigenvalue weighted by atomic mass is 10.1. The van der Waals surface area contributed by atoms with Crippen LogP contribution < -0.4 is 15.2 Å². The molecule has 0 aromatic heterocycles. The summed E-state index contributed by atoms with van der Waals surface area (Å²) in [5.74, 6) is 0.954. The Morgan fingerprint density at radius 2 is 1.97 bits per heavy atom. The zero-order valence-electron chi connectivity index (χ0n) is 15.5. The summed E-state index contributed by atoms with van der Waals surface area (Å²) in [6.45, 7) is 0.423. The van der Waals surface area contributed by atoms with Crippen LogP contribution >= 0.6 is 34.4 Å². The van der Waals surface area contributed by atoms with E-state index in [0.29, 0.717) is 23.0 Å². The molecule has 146 valence electrons. The fourth-order valence-electron chi connectivity index (χ4n) is 3.11. The summed E-state index contributed by atoms with van der Waals surface area (Å²) >= 11 is 3.38. The number of benzene rings is 3. The van der Waals surface area contributed by atoms with Crippen molar-refractivity contribution in [1.29, 1.82) is 0 Å². The van der Waals surface area contributed by atoms with Crippen LogP contribution in [0, 0.1) is 3.57 Å². The Morgan fingerprint density at radius 3 is 2.72 bits per heavy atom. The lowest BCUT2D eigenvalue weighted by Gasteiger charge is -2.15. The van der Waals surface area contributed by atoms with E-state index in [4.69, 9.17) is 15.2 Å². The zero-order chi connectivity index (χ0) is 20.4. The van der Waals surface area contributed by atoms with Gasteiger partial charge >= 0.3 is 0 Å². The lowest BCUT2D eigenvalue weighted by molar-refractivity contribution is -0.113. The number of amides is 1. The number of halogens is 1. The van der Waals surface area contributed by atoms with Crippen LogP contribution in [0.3, 0.4) is 0 Å². The second-order valence-electron chi connectivity index (χ2n) is 6.33. The van der Waals surface area contributed by atoms with E-state index in [9.17, 15) is 4.79 Å². The first kappa shape index (κ1) is 19.8. The van der Waals surface area contributed by atoms with Crippen molar-refractivity contribution in [3.63, 3.8) is 0 Å². The third-order valence-corrected chi connectivity index (χ3v) is 6.05. The first-order chi connectivity index (χ1) is 14.0. The molecule has 0 saturated heterocycles. The van der Waals surface area contributed by atoms with Crippen molar-refractivity contribution >= 4 is 62.3 Å². The molecule has 7 heteroatoms. The smallest absolute Gasteiger partial charge is 0.286 e. The molecule has 0 atom stereocenters. The van der Waals surface area contributed by atoms with Crippen molar-refractivity contribution in [1.82, 2.24) is 0 Å². The van der Waals surface area contributed by atoms with Crippen LogP contribution in [-0.4, -0.2) is 18.2 Å². The molecule has 0 bridgehead atoms. The number of hydrogen-bond donors (Lipinski definition) is 1. The lowest BCUT2D eigenvalue weighted by Crippen LogP contribution is -2.01. The van der Waals surface area contributed by atoms with E-state index in [0.717, 1.165) is 14.7 Å². The van der Waals surface area contributed by atoms with Gasteiger partial charge in [0.2, 0.25) is 0 Å². The number of aliphatic imine (C=N–C) groups is 1. The van der Waals surface area contributed by atoms with Crippen LogP contribution in [0.2, 0.25) is 0 Å². The van der Waals surface area contributed by atoms with E-state index in [2.05, 4.69) is 51.8 Å². The fraction of sp³-hybridized carbons (Fsp3) is 0.0909. The zero-order valence-corrected chi connectivity index (χ0v) is 18.5. The third-order valence-electron chi connectivity index (χ3n) is 4.44. The number of rotatable bonds is 5. The van der Waals surface area contributed by atoms with Gasteiger partial charge in [-0.1, -0.05) is 42.5 Å². The van der Waals surface area contributed by atoms with E-state index >= 15 is 0 Å². The Morgan fingerprint density at radius 1 is 1.17 bits per heavy atom. The summed E-state index contributed by atoms with van der Waals surface area (Å²) < 4.78 is 12.6. The van der Waals surface area contributed by atoms with Gasteiger partial charge in [-0.05, 0) is 74.5 Å². The summed E-state index contributed by atoms with van der Waals surface area (Å²) in [6, 6.07) is 18.2. The van der Waals surface area contributed by atoms with E-state index in [-0.39, 0.29) is 11.1 Å². The average molecular weight is 516 g/mol. The van der Waals surface area contributed by atoms with Gasteiger partial charge in [-0.15, -0.1) is 0 Å². The van der Waals surface area contributed by atoms with Gasteiger partial charge in [0.1, 0.15) is 6.61 Å². The van der Waals surface area contributed by atoms with Gasteiger partial charge in [0.25, 0.3) is 5.91 Å². The highest BCUT2D eigenvalue weighted by Gasteiger charge is 2.20. The third kappa shape index (κ3) is 4.25. The molecule has 1 heterocycles. The van der Waals surface area contributed by atoms with Crippen molar-refractivity contribution in [3.8, 4) is 11.5 Å². The molecule has 2 N–H and O–H groups in total. The molecule has 0 spiro atoms. The van der Waals surface area contributed by atoms with Gasteiger partial charge in [-0.3, -0.25) is 4.79 Å². The molecule has 0 unspecified atom stereocenters. The van der Waals surface area contributed by atoms with E-state index < -0.39 is 0 Å². The normalized spacial score (nSPS) is 15.0. The molecule has 0 radical (unpaired) electrons. The predicted molar refractivity (Wildman–Crippen MR) is 126 cm³/mol. The Hall–Kier alpha value is -2.52. The highest BCUT2D eigenvalue weighted by molar-refractivity contribution is 14.1. The maximum Gasteiger partial charge on any atom is 0.286 e. The summed E-state index contributed by atoms with van der Waals surface area (Å²) in [6.07, 6.45) is 1.76. The van der Waals surface area contributed by atoms with Gasteiger partial charge in [0.15, 0.2) is 16.7 Å². The van der Waals surface area contributed by atoms with Crippen LogP contribution in [0.1, 0.15) is 11.1 Å². The summed E-state index contributed by atoms with van der Waals surface area (Å²) in [4.78, 5) is 16.1. The largest absolute Gasteiger partial charge is 0.493 e. The van der Waals surface area contributed by atoms with Crippen LogP contribution in [0.15, 0.2) is 64.5 Å². The molecule has 0 saturated carbocycles. The average Bonchev–Trinajstić information content (AvgIpc) is 3.03. The van der Waals surface area contributed by atoms with E-state index in [1.807, 2.05) is 30.3 Å². The van der Waals surface area contributed by atoms with Crippen LogP contribution in [0.25, 0.3) is 16.8 Å². The summed E-state index contributed by atoms with van der Waals surface area (Å²) in [5.41, 5.74) is 7.55. The van der Waals surface area contributed by atoms with Gasteiger partial charge < -0.3 is 15.2 Å². The topological polar surface area (TPSA) is 73.9 Å². The molecule has 1 aliphatic rings. The number of nitrogens with zero attached hydrogens (tertiary/aromatic N) is 1. The van der Waals surface area contributed by atoms with Gasteiger partial charge in [-0.25, -0.2) is 0 Å². The number of carbonyl (C=O) groups excluding carboxylic acids is 1. The first-order valence-electron chi connectivity index (χ1n) is 8.80. The minimum atomic E-state index is -0.322. The number of methoxy groups -OCH3 is 1. The Balaban J connectivity index is 1.61. The quantitative estimate of drug-likeness (QED) is 0.384. The molecule has 5 nitrogen and oxygen atoms in total. The number of carbonyl (C=O) groups is 1. The number of hydrogen-bond acceptors (Lipinski definition) is 5. The maximum absolute atomic E-state index is 11.8. The second kappa shape index (κ2) is 8.46. The van der Waals surface area contributed by atoms with Crippen molar-refractivity contribution < 1.29 is 14.3 Å². The Kier molecular flexibility index (Phi) is 5.77. The molecule has 29 heavy (non-hydrogen) atoms. The van der Waals surface area contributed by atoms with Crippen molar-refractivity contribution in [2.45, 2.75) is 6.61 Å². The molecule has 3 aromatic carbocycles. The summed E-state index contributed by atoms with van der Waals surface area (Å²) in [7, 11) is 1.60. The fourth-order valence-corrected chi connectivity index (χ4v) is 4.57. The van der Waals surface area contributed by atoms with Crippen LogP contribution in [0.4, 0.5) is 0 Å². The van der Waals surface area contributed by atoms with Gasteiger partial charge in [-0.2, -0.15) is 4.99 Å². The minimum Gasteiger partial charge on any atom is -0.493 e. The van der Waals surface area contributed by atoms with Crippen molar-refractivity contribution in [2.75, 3.05) is 7.11 Å². The first-order valence-corrected chi connectivity index (χ1v) is 10.7. The summed E-state index contributed by atoms with van der Waals surface area (Å²) in [5, 5.41) is 2.61. The van der Waals surface area contributed by atoms with E-state index in [1.54, 1.807) is 13.2 Å². The standard InChI is InChI=1S/C22H17IN2O3S/c1-27-18-10-13(11-19-21(26)25-22(24)29-19)9-17(23)20(18)28-12-15-7-4-6-14-5-2-3-8-16(14)15/h2-11H,12H2,1H3,(H2,24,25,26)/b19-11-. The number of thioether (sulfide) groups is 1. The Bertz CT molecular complexity index is 1170. The highest BCUT2D eigenvalue weighted by atomic mass is 127.